The molecule has 0 bridgehead atoms. The number of aromatic nitrogens is 2. The lowest BCUT2D eigenvalue weighted by molar-refractivity contribution is 0.0702. The molecule has 1 aliphatic rings. The van der Waals surface area contributed by atoms with Crippen molar-refractivity contribution in [2.75, 3.05) is 20.6 Å². The van der Waals surface area contributed by atoms with E-state index in [1.165, 1.54) is 24.2 Å². The first-order valence-corrected chi connectivity index (χ1v) is 7.26. The topological polar surface area (TPSA) is 58.4 Å². The molecule has 1 N–H and O–H groups in total. The average molecular weight is 279 g/mol. The Hall–Kier alpha value is -1.40. The van der Waals surface area contributed by atoms with Gasteiger partial charge in [-0.15, -0.1) is 11.3 Å². The van der Waals surface area contributed by atoms with Crippen molar-refractivity contribution in [3.8, 4) is 0 Å². The first kappa shape index (κ1) is 12.6. The van der Waals surface area contributed by atoms with Crippen LogP contribution in [0.2, 0.25) is 0 Å². The summed E-state index contributed by atoms with van der Waals surface area (Å²) >= 11 is 1.33. The van der Waals surface area contributed by atoms with Crippen LogP contribution in [0.15, 0.2) is 6.07 Å². The molecule has 2 aromatic heterocycles. The third-order valence-electron chi connectivity index (χ3n) is 3.39. The molecule has 5 nitrogen and oxygen atoms in total. The number of fused-ring (bicyclic) bond motifs is 1. The number of hydrogen-bond acceptors (Lipinski definition) is 4. The first-order valence-electron chi connectivity index (χ1n) is 6.44. The SMILES string of the molecule is CN(C)CCn1nc(C2CC2)c2cc(C(=O)O)sc21. The molecule has 0 aliphatic heterocycles. The van der Waals surface area contributed by atoms with Crippen LogP contribution in [0, 0.1) is 0 Å². The quantitative estimate of drug-likeness (QED) is 0.912. The Balaban J connectivity index is 2.02. The van der Waals surface area contributed by atoms with Crippen LogP contribution in [0.25, 0.3) is 10.2 Å². The number of rotatable bonds is 5. The summed E-state index contributed by atoms with van der Waals surface area (Å²) in [6.45, 7) is 1.71. The van der Waals surface area contributed by atoms with E-state index in [1.807, 2.05) is 18.8 Å². The second-order valence-corrected chi connectivity index (χ2v) is 6.35. The molecule has 1 aliphatic carbocycles. The maximum atomic E-state index is 11.1. The number of carbonyl (C=O) groups is 1. The van der Waals surface area contributed by atoms with E-state index in [2.05, 4.69) is 4.90 Å². The number of nitrogens with zero attached hydrogens (tertiary/aromatic N) is 3. The van der Waals surface area contributed by atoms with Gasteiger partial charge in [0.2, 0.25) is 0 Å². The van der Waals surface area contributed by atoms with Crippen molar-refractivity contribution < 1.29 is 9.90 Å². The van der Waals surface area contributed by atoms with Crippen LogP contribution in [0.4, 0.5) is 0 Å². The minimum atomic E-state index is -0.845. The Bertz CT molecular complexity index is 625. The normalized spacial score (nSPS) is 15.5. The van der Waals surface area contributed by atoms with Crippen LogP contribution in [-0.2, 0) is 6.54 Å². The standard InChI is InChI=1S/C13H17N3O2S/c1-15(2)5-6-16-12-9(7-10(19-12)13(17)18)11(14-16)8-3-4-8/h7-8H,3-6H2,1-2H3,(H,17,18). The molecule has 0 amide bonds. The first-order chi connectivity index (χ1) is 9.06. The van der Waals surface area contributed by atoms with Gasteiger partial charge in [0.05, 0.1) is 12.2 Å². The van der Waals surface area contributed by atoms with Gasteiger partial charge in [0.15, 0.2) is 0 Å². The summed E-state index contributed by atoms with van der Waals surface area (Å²) in [5, 5.41) is 14.9. The van der Waals surface area contributed by atoms with Gasteiger partial charge in [0, 0.05) is 17.8 Å². The summed E-state index contributed by atoms with van der Waals surface area (Å²) in [5.74, 6) is -0.304. The Kier molecular flexibility index (Phi) is 3.06. The molecule has 0 saturated heterocycles. The van der Waals surface area contributed by atoms with E-state index in [-0.39, 0.29) is 0 Å². The van der Waals surface area contributed by atoms with Gasteiger partial charge in [-0.3, -0.25) is 4.68 Å². The molecular formula is C13H17N3O2S. The molecule has 3 rings (SSSR count). The minimum absolute atomic E-state index is 0.410. The minimum Gasteiger partial charge on any atom is -0.477 e. The maximum Gasteiger partial charge on any atom is 0.345 e. The lowest BCUT2D eigenvalue weighted by Crippen LogP contribution is -2.18. The van der Waals surface area contributed by atoms with E-state index in [9.17, 15) is 4.79 Å². The highest BCUT2D eigenvalue weighted by atomic mass is 32.1. The van der Waals surface area contributed by atoms with Crippen LogP contribution < -0.4 is 0 Å². The van der Waals surface area contributed by atoms with Crippen molar-refractivity contribution in [1.29, 1.82) is 0 Å². The van der Waals surface area contributed by atoms with Gasteiger partial charge in [-0.25, -0.2) is 4.79 Å². The highest BCUT2D eigenvalue weighted by Crippen LogP contribution is 2.44. The maximum absolute atomic E-state index is 11.1. The van der Waals surface area contributed by atoms with Crippen molar-refractivity contribution in [2.24, 2.45) is 0 Å². The van der Waals surface area contributed by atoms with E-state index >= 15 is 0 Å². The van der Waals surface area contributed by atoms with Gasteiger partial charge < -0.3 is 10.0 Å². The molecule has 0 unspecified atom stereocenters. The second kappa shape index (κ2) is 4.61. The number of likely N-dealkylation sites (N-methyl/N-ethyl adjacent to an activating group) is 1. The Morgan fingerprint density at radius 1 is 1.58 bits per heavy atom. The number of thiophene rings is 1. The monoisotopic (exact) mass is 279 g/mol. The number of carboxylic acid groups (broad SMARTS) is 1. The third kappa shape index (κ3) is 2.37. The molecular weight excluding hydrogens is 262 g/mol. The van der Waals surface area contributed by atoms with Crippen LogP contribution in [0.3, 0.4) is 0 Å². The van der Waals surface area contributed by atoms with Crippen LogP contribution in [0.1, 0.15) is 34.1 Å². The van der Waals surface area contributed by atoms with Crippen molar-refractivity contribution in [2.45, 2.75) is 25.3 Å². The number of hydrogen-bond donors (Lipinski definition) is 1. The van der Waals surface area contributed by atoms with E-state index in [0.717, 1.165) is 29.0 Å². The zero-order valence-electron chi connectivity index (χ0n) is 11.1. The average Bonchev–Trinajstić information content (AvgIpc) is 2.98. The molecule has 1 saturated carbocycles. The second-order valence-electron chi connectivity index (χ2n) is 5.32. The van der Waals surface area contributed by atoms with Crippen LogP contribution >= 0.6 is 11.3 Å². The number of aromatic carboxylic acids is 1. The molecule has 19 heavy (non-hydrogen) atoms. The predicted octanol–water partition coefficient (Wildman–Crippen LogP) is 2.23. The Morgan fingerprint density at radius 3 is 2.89 bits per heavy atom. The third-order valence-corrected chi connectivity index (χ3v) is 4.52. The summed E-state index contributed by atoms with van der Waals surface area (Å²) in [4.78, 5) is 14.6. The number of carboxylic acids is 1. The fraction of sp³-hybridized carbons (Fsp3) is 0.538. The Morgan fingerprint density at radius 2 is 2.32 bits per heavy atom. The fourth-order valence-corrected chi connectivity index (χ4v) is 3.18. The highest BCUT2D eigenvalue weighted by molar-refractivity contribution is 7.20. The predicted molar refractivity (Wildman–Crippen MR) is 75.1 cm³/mol. The van der Waals surface area contributed by atoms with Gasteiger partial charge >= 0.3 is 5.97 Å². The van der Waals surface area contributed by atoms with Crippen molar-refractivity contribution in [3.63, 3.8) is 0 Å². The zero-order chi connectivity index (χ0) is 13.6. The van der Waals surface area contributed by atoms with E-state index in [1.54, 1.807) is 6.07 Å². The van der Waals surface area contributed by atoms with Crippen molar-refractivity contribution >= 4 is 27.5 Å². The lowest BCUT2D eigenvalue weighted by Gasteiger charge is -2.09. The largest absolute Gasteiger partial charge is 0.477 e. The van der Waals surface area contributed by atoms with Crippen molar-refractivity contribution in [3.05, 3.63) is 16.6 Å². The molecule has 0 atom stereocenters. The summed E-state index contributed by atoms with van der Waals surface area (Å²) in [5.41, 5.74) is 1.09. The fourth-order valence-electron chi connectivity index (χ4n) is 2.20. The van der Waals surface area contributed by atoms with E-state index < -0.39 is 5.97 Å². The van der Waals surface area contributed by atoms with Crippen LogP contribution in [0.5, 0.6) is 0 Å². The molecule has 0 aromatic carbocycles. The smallest absolute Gasteiger partial charge is 0.345 e. The molecule has 6 heteroatoms. The lowest BCUT2D eigenvalue weighted by atomic mass is 10.2. The van der Waals surface area contributed by atoms with E-state index in [4.69, 9.17) is 10.2 Å². The molecule has 2 aromatic rings. The highest BCUT2D eigenvalue weighted by Gasteiger charge is 2.30. The van der Waals surface area contributed by atoms with Gasteiger partial charge in [0.25, 0.3) is 0 Å². The van der Waals surface area contributed by atoms with Gasteiger partial charge in [-0.2, -0.15) is 5.10 Å². The Labute approximate surface area is 115 Å². The molecule has 102 valence electrons. The zero-order valence-corrected chi connectivity index (χ0v) is 11.9. The molecule has 2 heterocycles. The summed E-state index contributed by atoms with van der Waals surface area (Å²) in [6, 6.07) is 1.79. The molecule has 0 spiro atoms. The van der Waals surface area contributed by atoms with Gasteiger partial charge in [0.1, 0.15) is 9.71 Å². The molecule has 0 radical (unpaired) electrons. The van der Waals surface area contributed by atoms with E-state index in [0.29, 0.717) is 10.8 Å². The van der Waals surface area contributed by atoms with Gasteiger partial charge in [-0.05, 0) is 33.0 Å². The van der Waals surface area contributed by atoms with Gasteiger partial charge in [-0.1, -0.05) is 0 Å². The van der Waals surface area contributed by atoms with Crippen LogP contribution in [-0.4, -0.2) is 46.4 Å². The molecule has 1 fully saturated rings. The van der Waals surface area contributed by atoms with Crippen molar-refractivity contribution in [1.82, 2.24) is 14.7 Å². The summed E-state index contributed by atoms with van der Waals surface area (Å²) in [7, 11) is 4.05. The summed E-state index contributed by atoms with van der Waals surface area (Å²) in [6.07, 6.45) is 2.36. The summed E-state index contributed by atoms with van der Waals surface area (Å²) < 4.78 is 1.97.